The van der Waals surface area contributed by atoms with Gasteiger partial charge in [0.25, 0.3) is 0 Å². The van der Waals surface area contributed by atoms with Crippen LogP contribution in [0.2, 0.25) is 10.9 Å². The van der Waals surface area contributed by atoms with Gasteiger partial charge in [-0.1, -0.05) is 0 Å². The van der Waals surface area contributed by atoms with Crippen molar-refractivity contribution < 1.29 is 0 Å². The van der Waals surface area contributed by atoms with E-state index in [1.807, 2.05) is 0 Å². The molecule has 96 valence electrons. The van der Waals surface area contributed by atoms with E-state index in [1.54, 1.807) is 4.35 Å². The molecule has 0 amide bonds. The maximum absolute atomic E-state index is 2.82. The molecule has 2 aromatic carbocycles. The topological polar surface area (TPSA) is 0 Å². The zero-order valence-corrected chi connectivity index (χ0v) is 15.0. The molecule has 0 fully saturated rings. The summed E-state index contributed by atoms with van der Waals surface area (Å²) in [5.74, 6) is 0. The normalized spacial score (nSPS) is 13.8. The zero-order valence-electron chi connectivity index (χ0n) is 11.0. The molecule has 2 rings (SSSR count). The van der Waals surface area contributed by atoms with E-state index < -0.39 is 9.10 Å². The molecule has 0 bridgehead atoms. The second-order valence-corrected chi connectivity index (χ2v) is 30.8. The van der Waals surface area contributed by atoms with Gasteiger partial charge in [-0.15, -0.1) is 0 Å². The van der Waals surface area contributed by atoms with Crippen molar-refractivity contribution in [1.82, 2.24) is 0 Å². The van der Waals surface area contributed by atoms with Gasteiger partial charge in [0.05, 0.1) is 0 Å². The first kappa shape index (κ1) is 14.1. The summed E-state index contributed by atoms with van der Waals surface area (Å²) in [7, 11) is -2.45. The monoisotopic (exact) mass is 414 g/mol. The van der Waals surface area contributed by atoms with E-state index in [-0.39, 0.29) is 0 Å². The Morgan fingerprint density at radius 2 is 1.39 bits per heavy atom. The number of hydrogen-bond donors (Lipinski definition) is 0. The fourth-order valence-corrected chi connectivity index (χ4v) is 12.2. The molecule has 0 spiro atoms. The average molecular weight is 414 g/mol. The van der Waals surface area contributed by atoms with Crippen molar-refractivity contribution in [2.75, 3.05) is 0 Å². The minimum atomic E-state index is -2.45. The van der Waals surface area contributed by atoms with Gasteiger partial charge in [-0.2, -0.15) is 0 Å². The van der Waals surface area contributed by atoms with Crippen LogP contribution in [-0.2, 0) is 5.21 Å². The van der Waals surface area contributed by atoms with Gasteiger partial charge in [-0.05, 0) is 0 Å². The first-order valence-corrected chi connectivity index (χ1v) is 17.5. The molecule has 0 unspecified atom stereocenters. The van der Waals surface area contributed by atoms with E-state index in [1.165, 1.54) is 16.0 Å². The molecule has 2 heteroatoms. The van der Waals surface area contributed by atoms with Crippen molar-refractivity contribution in [1.29, 1.82) is 0 Å². The van der Waals surface area contributed by atoms with Crippen LogP contribution in [0.15, 0.2) is 60.7 Å². The first-order valence-electron chi connectivity index (χ1n) is 6.35. The molecule has 0 atom stereocenters. The van der Waals surface area contributed by atoms with Crippen LogP contribution in [0.5, 0.6) is 0 Å². The predicted octanol–water partition coefficient (Wildman–Crippen LogP) is 4.66. The van der Waals surface area contributed by atoms with Gasteiger partial charge in [0.2, 0.25) is 0 Å². The summed E-state index contributed by atoms with van der Waals surface area (Å²) in [6.07, 6.45) is 0. The Balaban J connectivity index is 2.41. The average Bonchev–Trinajstić information content (AvgIpc) is 2.41. The summed E-state index contributed by atoms with van der Waals surface area (Å²) in [5.41, 5.74) is 4.02. The molecule has 0 N–H and O–H groups in total. The quantitative estimate of drug-likeness (QED) is 0.505. The second-order valence-electron chi connectivity index (χ2n) is 5.18. The third-order valence-corrected chi connectivity index (χ3v) is 21.5. The van der Waals surface area contributed by atoms with Crippen LogP contribution < -0.4 is 4.35 Å². The van der Waals surface area contributed by atoms with Gasteiger partial charge < -0.3 is 0 Å². The summed E-state index contributed by atoms with van der Waals surface area (Å²) in [4.78, 5) is 0. The van der Waals surface area contributed by atoms with E-state index in [0.29, 0.717) is 0 Å². The summed E-state index contributed by atoms with van der Waals surface area (Å²) in [5, 5.41) is 2.53. The molecule has 0 saturated carbocycles. The van der Waals surface area contributed by atoms with Crippen LogP contribution >= 0.6 is 20.1 Å². The molecule has 0 aromatic heterocycles. The third-order valence-electron chi connectivity index (χ3n) is 3.73. The molecule has 0 aliphatic carbocycles. The van der Waals surface area contributed by atoms with Crippen LogP contribution in [-0.4, -0.2) is 9.10 Å². The molecule has 2 aromatic rings. The van der Waals surface area contributed by atoms with Crippen molar-refractivity contribution in [3.63, 3.8) is 0 Å². The molecular weight excluding hydrogens is 394 g/mol. The molecule has 0 aliphatic rings. The van der Waals surface area contributed by atoms with Crippen molar-refractivity contribution >= 4 is 33.6 Å². The van der Waals surface area contributed by atoms with Gasteiger partial charge in [0.15, 0.2) is 0 Å². The van der Waals surface area contributed by atoms with Crippen LogP contribution in [0.1, 0.15) is 12.5 Å². The standard InChI is InChI=1S/C16H20AsI/c1-3-17(2,18,16-12-8-5-9-13-16)14-15-10-6-4-7-11-15/h4-13H,3,14H2,1-2H3. The minimum absolute atomic E-state index is 1.24. The third kappa shape index (κ3) is 3.00. The van der Waals surface area contributed by atoms with Gasteiger partial charge >= 0.3 is 123 Å². The molecule has 0 saturated heterocycles. The molecule has 0 aliphatic heterocycles. The van der Waals surface area contributed by atoms with Gasteiger partial charge in [0.1, 0.15) is 0 Å². The fourth-order valence-electron chi connectivity index (χ4n) is 2.29. The SMILES string of the molecule is CC[As](C)(I)(Cc1ccccc1)c1ccccc1. The second kappa shape index (κ2) is 5.38. The van der Waals surface area contributed by atoms with Crippen LogP contribution in [0.25, 0.3) is 0 Å². The number of halogens is 1. The van der Waals surface area contributed by atoms with E-state index in [2.05, 4.69) is 93.4 Å². The van der Waals surface area contributed by atoms with Crippen molar-refractivity contribution in [3.05, 3.63) is 66.2 Å². The van der Waals surface area contributed by atoms with Crippen molar-refractivity contribution in [2.24, 2.45) is 0 Å². The summed E-state index contributed by atoms with van der Waals surface area (Å²) in [6.45, 7) is 2.36. The maximum atomic E-state index is 2.82. The van der Waals surface area contributed by atoms with E-state index in [4.69, 9.17) is 0 Å². The Labute approximate surface area is 122 Å². The van der Waals surface area contributed by atoms with Crippen LogP contribution in [0.4, 0.5) is 0 Å². The first-order chi connectivity index (χ1) is 8.53. The Hall–Kier alpha value is -0.272. The van der Waals surface area contributed by atoms with Gasteiger partial charge in [0, 0.05) is 0 Å². The Bertz CT molecular complexity index is 505. The summed E-state index contributed by atoms with van der Waals surface area (Å²) >= 11 is 2.82. The summed E-state index contributed by atoms with van der Waals surface area (Å²) < 4.78 is 1.59. The van der Waals surface area contributed by atoms with E-state index >= 15 is 0 Å². The molecule has 0 radical (unpaired) electrons. The van der Waals surface area contributed by atoms with Crippen LogP contribution in [0.3, 0.4) is 0 Å². The Morgan fingerprint density at radius 1 is 0.889 bits per heavy atom. The van der Waals surface area contributed by atoms with Gasteiger partial charge in [-0.25, -0.2) is 0 Å². The number of rotatable bonds is 4. The predicted molar refractivity (Wildman–Crippen MR) is 92.3 cm³/mol. The fraction of sp³-hybridized carbons (Fsp3) is 0.250. The molecular formula is C16H20AsI. The van der Waals surface area contributed by atoms with E-state index in [9.17, 15) is 0 Å². The molecule has 0 heterocycles. The Kier molecular flexibility index (Phi) is 4.23. The van der Waals surface area contributed by atoms with Crippen molar-refractivity contribution in [2.45, 2.75) is 23.1 Å². The molecule has 0 nitrogen and oxygen atoms in total. The number of benzene rings is 2. The van der Waals surface area contributed by atoms with Crippen LogP contribution in [0, 0.1) is 0 Å². The van der Waals surface area contributed by atoms with Gasteiger partial charge in [-0.3, -0.25) is 0 Å². The summed E-state index contributed by atoms with van der Waals surface area (Å²) in [6, 6.07) is 22.0. The van der Waals surface area contributed by atoms with Crippen molar-refractivity contribution in [3.8, 4) is 0 Å². The molecule has 18 heavy (non-hydrogen) atoms. The zero-order chi connectivity index (χ0) is 13.1. The number of hydrogen-bond acceptors (Lipinski definition) is 0. The van der Waals surface area contributed by atoms with E-state index in [0.717, 1.165) is 0 Å². The Morgan fingerprint density at radius 3 is 1.89 bits per heavy atom.